The molecule has 0 bridgehead atoms. The minimum absolute atomic E-state index is 0.0315. The molecule has 0 saturated carbocycles. The number of rotatable bonds is 16. The molecule has 0 fully saturated rings. The number of carbonyl (C=O) groups excluding carboxylic acids is 1. The number of amidine groups is 1. The highest BCUT2D eigenvalue weighted by atomic mass is 33.1. The molecular weight excluding hydrogens is 533 g/mol. The van der Waals surface area contributed by atoms with Crippen molar-refractivity contribution < 1.29 is 28.0 Å². The van der Waals surface area contributed by atoms with Gasteiger partial charge in [-0.15, -0.1) is 0 Å². The molecule has 0 heterocycles. The van der Waals surface area contributed by atoms with Crippen molar-refractivity contribution in [3.63, 3.8) is 0 Å². The van der Waals surface area contributed by atoms with E-state index in [9.17, 15) is 14.3 Å². The van der Waals surface area contributed by atoms with Crippen LogP contribution in [-0.4, -0.2) is 59.4 Å². The minimum atomic E-state index is -4.28. The number of phosphoric ester groups is 1. The first kappa shape index (κ1) is 35.7. The SMILES string of the molecule is CC.CCC(COP(=O)(O)OCCc1ccccc1SSC(C)(C)C)OC(C)N(C=O)/C=C\C(N)=NC. The number of nitrogens with zero attached hydrogens (tertiary/aromatic N) is 2. The van der Waals surface area contributed by atoms with Crippen molar-refractivity contribution in [1.29, 1.82) is 0 Å². The van der Waals surface area contributed by atoms with Crippen molar-refractivity contribution in [2.45, 2.75) is 83.3 Å². The molecule has 212 valence electrons. The number of carbonyl (C=O) groups is 1. The van der Waals surface area contributed by atoms with Gasteiger partial charge in [0.15, 0.2) is 0 Å². The maximum atomic E-state index is 12.4. The number of phosphoric acid groups is 1. The van der Waals surface area contributed by atoms with Crippen LogP contribution in [0.4, 0.5) is 0 Å². The summed E-state index contributed by atoms with van der Waals surface area (Å²) in [6, 6.07) is 7.91. The topological polar surface area (TPSA) is 124 Å². The summed E-state index contributed by atoms with van der Waals surface area (Å²) in [7, 11) is 0.696. The molecule has 3 atom stereocenters. The summed E-state index contributed by atoms with van der Waals surface area (Å²) in [5, 5.41) is 0. The van der Waals surface area contributed by atoms with Crippen molar-refractivity contribution >= 4 is 41.7 Å². The van der Waals surface area contributed by atoms with Crippen molar-refractivity contribution in [1.82, 2.24) is 4.90 Å². The van der Waals surface area contributed by atoms with Gasteiger partial charge in [-0.1, -0.05) is 81.3 Å². The molecule has 37 heavy (non-hydrogen) atoms. The van der Waals surface area contributed by atoms with E-state index in [1.165, 1.54) is 24.2 Å². The predicted molar refractivity (Wildman–Crippen MR) is 156 cm³/mol. The van der Waals surface area contributed by atoms with Crippen molar-refractivity contribution in [3.05, 3.63) is 42.1 Å². The maximum Gasteiger partial charge on any atom is 0.472 e. The van der Waals surface area contributed by atoms with Crippen molar-refractivity contribution in [2.75, 3.05) is 20.3 Å². The zero-order valence-corrected chi connectivity index (χ0v) is 25.8. The fourth-order valence-electron chi connectivity index (χ4n) is 2.53. The third-order valence-electron chi connectivity index (χ3n) is 4.47. The Labute approximate surface area is 230 Å². The molecule has 1 amide bonds. The van der Waals surface area contributed by atoms with E-state index in [2.05, 4.69) is 25.8 Å². The van der Waals surface area contributed by atoms with Gasteiger partial charge in [-0.2, -0.15) is 0 Å². The fourth-order valence-corrected chi connectivity index (χ4v) is 5.54. The summed E-state index contributed by atoms with van der Waals surface area (Å²) in [6.45, 7) is 13.8. The van der Waals surface area contributed by atoms with Gasteiger partial charge in [0.2, 0.25) is 6.41 Å². The van der Waals surface area contributed by atoms with E-state index >= 15 is 0 Å². The second-order valence-corrected chi connectivity index (χ2v) is 13.0. The molecule has 1 aromatic carbocycles. The van der Waals surface area contributed by atoms with Crippen LogP contribution in [0.25, 0.3) is 0 Å². The number of aliphatic imine (C=N–C) groups is 1. The van der Waals surface area contributed by atoms with Crippen LogP contribution in [0.2, 0.25) is 0 Å². The molecule has 0 spiro atoms. The van der Waals surface area contributed by atoms with Gasteiger partial charge in [-0.3, -0.25) is 23.7 Å². The van der Waals surface area contributed by atoms with Gasteiger partial charge >= 0.3 is 7.82 Å². The zero-order valence-electron chi connectivity index (χ0n) is 23.2. The van der Waals surface area contributed by atoms with Gasteiger partial charge in [-0.05, 0) is 37.5 Å². The highest BCUT2D eigenvalue weighted by molar-refractivity contribution is 8.77. The van der Waals surface area contributed by atoms with Crippen LogP contribution in [0.5, 0.6) is 0 Å². The molecule has 12 heteroatoms. The Morgan fingerprint density at radius 3 is 2.49 bits per heavy atom. The van der Waals surface area contributed by atoms with Crippen LogP contribution in [0.3, 0.4) is 0 Å². The highest BCUT2D eigenvalue weighted by Gasteiger charge is 2.25. The van der Waals surface area contributed by atoms with E-state index in [1.54, 1.807) is 28.5 Å². The molecule has 9 nitrogen and oxygen atoms in total. The molecule has 0 aliphatic rings. The fraction of sp³-hybridized carbons (Fsp3) is 0.600. The first-order valence-corrected chi connectivity index (χ1v) is 15.9. The monoisotopic (exact) mass is 577 g/mol. The summed E-state index contributed by atoms with van der Waals surface area (Å²) >= 11 is 0. The van der Waals surface area contributed by atoms with E-state index < -0.39 is 20.2 Å². The average molecular weight is 578 g/mol. The Kier molecular flexibility index (Phi) is 18.2. The van der Waals surface area contributed by atoms with Gasteiger partial charge in [-0.25, -0.2) is 4.57 Å². The molecule has 1 aromatic rings. The molecule has 3 N–H and O–H groups in total. The van der Waals surface area contributed by atoms with Crippen LogP contribution in [0, 0.1) is 0 Å². The Bertz CT molecular complexity index is 895. The Hall–Kier alpha value is -1.33. The number of benzene rings is 1. The van der Waals surface area contributed by atoms with Crippen LogP contribution in [-0.2, 0) is 29.6 Å². The van der Waals surface area contributed by atoms with Crippen LogP contribution < -0.4 is 5.73 Å². The van der Waals surface area contributed by atoms with E-state index in [4.69, 9.17) is 19.5 Å². The normalized spacial score (nSPS) is 15.4. The highest BCUT2D eigenvalue weighted by Crippen LogP contribution is 2.44. The molecule has 0 aromatic heterocycles. The molecule has 3 unspecified atom stereocenters. The number of amides is 1. The van der Waals surface area contributed by atoms with Gasteiger partial charge in [0.25, 0.3) is 0 Å². The standard InChI is InChI=1S/C23H38N3O6PS2.C2H6/c1-7-20(32-18(2)26(17-27)14-12-22(24)25-6)16-31-33(28,29)30-15-13-19-10-8-9-11-21(19)34-35-23(3,4)5;1-2/h8-12,14,17-18,20H,7,13,15-16H2,1-6H3,(H2,24,25)(H,28,29);1-2H3/b14-12-;. The summed E-state index contributed by atoms with van der Waals surface area (Å²) in [5.74, 6) is 0.256. The summed E-state index contributed by atoms with van der Waals surface area (Å²) in [5.41, 5.74) is 6.64. The quantitative estimate of drug-likeness (QED) is 0.0605. The smallest absolute Gasteiger partial charge is 0.384 e. The third kappa shape index (κ3) is 16.3. The lowest BCUT2D eigenvalue weighted by Gasteiger charge is -2.27. The van der Waals surface area contributed by atoms with Crippen molar-refractivity contribution in [2.24, 2.45) is 10.7 Å². The first-order valence-electron chi connectivity index (χ1n) is 12.2. The van der Waals surface area contributed by atoms with Crippen LogP contribution >= 0.6 is 29.4 Å². The van der Waals surface area contributed by atoms with Crippen LogP contribution in [0.1, 0.15) is 60.5 Å². The lowest BCUT2D eigenvalue weighted by molar-refractivity contribution is -0.133. The zero-order chi connectivity index (χ0) is 28.5. The third-order valence-corrected chi connectivity index (χ3v) is 8.90. The van der Waals surface area contributed by atoms with Crippen LogP contribution in [0.15, 0.2) is 46.4 Å². The van der Waals surface area contributed by atoms with Gasteiger partial charge in [0, 0.05) is 22.9 Å². The predicted octanol–water partition coefficient (Wildman–Crippen LogP) is 6.03. The number of hydrogen-bond acceptors (Lipinski definition) is 8. The summed E-state index contributed by atoms with van der Waals surface area (Å²) in [4.78, 5) is 27.6. The Balaban J connectivity index is 0.00000631. The molecule has 0 saturated heterocycles. The van der Waals surface area contributed by atoms with E-state index in [0.717, 1.165) is 10.5 Å². The molecule has 0 aliphatic carbocycles. The molecular formula is C25H44N3O6PS2. The molecule has 0 aliphatic heterocycles. The number of hydrogen-bond donors (Lipinski definition) is 2. The van der Waals surface area contributed by atoms with Crippen molar-refractivity contribution in [3.8, 4) is 0 Å². The molecule has 1 rings (SSSR count). The molecule has 0 radical (unpaired) electrons. The van der Waals surface area contributed by atoms with E-state index in [-0.39, 0.29) is 23.8 Å². The lowest BCUT2D eigenvalue weighted by atomic mass is 10.2. The largest absolute Gasteiger partial charge is 0.472 e. The minimum Gasteiger partial charge on any atom is -0.384 e. The van der Waals surface area contributed by atoms with Gasteiger partial charge in [0.05, 0.1) is 19.3 Å². The first-order chi connectivity index (χ1) is 17.4. The Morgan fingerprint density at radius 1 is 1.27 bits per heavy atom. The number of ether oxygens (including phenoxy) is 1. The van der Waals surface area contributed by atoms with E-state index in [0.29, 0.717) is 19.3 Å². The van der Waals surface area contributed by atoms with Gasteiger partial charge < -0.3 is 15.4 Å². The Morgan fingerprint density at radius 2 is 1.92 bits per heavy atom. The average Bonchev–Trinajstić information content (AvgIpc) is 2.86. The van der Waals surface area contributed by atoms with Gasteiger partial charge in [0.1, 0.15) is 12.1 Å². The second kappa shape index (κ2) is 18.8. The lowest BCUT2D eigenvalue weighted by Crippen LogP contribution is -2.35. The maximum absolute atomic E-state index is 12.4. The van der Waals surface area contributed by atoms with E-state index in [1.807, 2.05) is 45.0 Å². The number of nitrogens with two attached hydrogens (primary N) is 1. The summed E-state index contributed by atoms with van der Waals surface area (Å²) in [6.07, 6.45) is 3.29. The second-order valence-electron chi connectivity index (χ2n) is 8.52. The summed E-state index contributed by atoms with van der Waals surface area (Å²) < 4.78 is 28.7.